The average Bonchev–Trinajstić information content (AvgIpc) is 2.65. The van der Waals surface area contributed by atoms with Gasteiger partial charge in [-0.2, -0.15) is 0 Å². The normalized spacial score (nSPS) is 13.8. The van der Waals surface area contributed by atoms with Crippen molar-refractivity contribution in [2.75, 3.05) is 31.9 Å². The van der Waals surface area contributed by atoms with Gasteiger partial charge in [0.05, 0.1) is 6.04 Å². The lowest BCUT2D eigenvalue weighted by molar-refractivity contribution is -0.0810. The monoisotopic (exact) mass is 444 g/mol. The van der Waals surface area contributed by atoms with Crippen molar-refractivity contribution in [3.05, 3.63) is 29.8 Å². The molecule has 0 aliphatic carbocycles. The first kappa shape index (κ1) is 26.4. The first-order valence-electron chi connectivity index (χ1n) is 10.3. The van der Waals surface area contributed by atoms with E-state index in [1.165, 1.54) is 0 Å². The zero-order chi connectivity index (χ0) is 22.6. The summed E-state index contributed by atoms with van der Waals surface area (Å²) in [6.07, 6.45) is 0.872. The number of carbonyl (C=O) groups is 1. The van der Waals surface area contributed by atoms with Crippen molar-refractivity contribution >= 4 is 19.6 Å². The average molecular weight is 445 g/mol. The highest BCUT2D eigenvalue weighted by Crippen LogP contribution is 2.30. The van der Waals surface area contributed by atoms with Gasteiger partial charge in [-0.15, -0.1) is 0 Å². The lowest BCUT2D eigenvalue weighted by Crippen LogP contribution is -2.35. The Morgan fingerprint density at radius 1 is 1.20 bits per heavy atom. The SMILES string of the molecule is CCOC(OCC)[PH](=O)COCCCC(NC(=O)OC(C)(C)C)c1cccc(N)c1. The zero-order valence-corrected chi connectivity index (χ0v) is 19.7. The van der Waals surface area contributed by atoms with Crippen LogP contribution in [0.2, 0.25) is 0 Å². The third-order valence-corrected chi connectivity index (χ3v) is 5.28. The first-order chi connectivity index (χ1) is 14.2. The van der Waals surface area contributed by atoms with Crippen LogP contribution in [0.1, 0.15) is 59.1 Å². The molecule has 0 aliphatic rings. The highest BCUT2D eigenvalue weighted by molar-refractivity contribution is 7.44. The van der Waals surface area contributed by atoms with Gasteiger partial charge >= 0.3 is 6.09 Å². The topological polar surface area (TPSA) is 109 Å². The zero-order valence-electron chi connectivity index (χ0n) is 18.7. The number of hydrogen-bond donors (Lipinski definition) is 2. The van der Waals surface area contributed by atoms with Gasteiger partial charge in [-0.3, -0.25) is 0 Å². The number of alkyl carbamates (subject to hydrolysis) is 1. The number of nitrogen functional groups attached to an aromatic ring is 1. The van der Waals surface area contributed by atoms with Gasteiger partial charge in [0.25, 0.3) is 0 Å². The Balaban J connectivity index is 2.57. The van der Waals surface area contributed by atoms with Gasteiger partial charge in [0.2, 0.25) is 6.03 Å². The molecule has 0 saturated heterocycles. The lowest BCUT2D eigenvalue weighted by atomic mass is 10.0. The molecule has 0 saturated carbocycles. The van der Waals surface area contributed by atoms with Gasteiger partial charge in [-0.25, -0.2) is 4.79 Å². The Bertz CT molecular complexity index is 659. The molecule has 0 bridgehead atoms. The van der Waals surface area contributed by atoms with E-state index in [2.05, 4.69) is 5.32 Å². The molecule has 1 rings (SSSR count). The summed E-state index contributed by atoms with van der Waals surface area (Å²) in [7, 11) is -2.17. The summed E-state index contributed by atoms with van der Waals surface area (Å²) in [6, 6.07) is 6.40. The second-order valence-corrected chi connectivity index (χ2v) is 9.47. The molecule has 172 valence electrons. The number of benzene rings is 1. The number of ether oxygens (including phenoxy) is 4. The molecule has 0 aliphatic heterocycles. The maximum absolute atomic E-state index is 12.3. The van der Waals surface area contributed by atoms with Crippen LogP contribution in [-0.4, -0.2) is 43.9 Å². The molecular weight excluding hydrogens is 407 g/mol. The number of nitrogens with two attached hydrogens (primary N) is 1. The number of carbonyl (C=O) groups excluding carboxylic acids is 1. The van der Waals surface area contributed by atoms with E-state index >= 15 is 0 Å². The molecule has 0 fully saturated rings. The third-order valence-electron chi connectivity index (χ3n) is 3.93. The van der Waals surface area contributed by atoms with Gasteiger partial charge in [0, 0.05) is 25.5 Å². The van der Waals surface area contributed by atoms with E-state index in [-0.39, 0.29) is 12.4 Å². The fourth-order valence-corrected chi connectivity index (χ4v) is 3.90. The van der Waals surface area contributed by atoms with Gasteiger partial charge in [-0.1, -0.05) is 12.1 Å². The maximum atomic E-state index is 12.3. The predicted molar refractivity (Wildman–Crippen MR) is 119 cm³/mol. The summed E-state index contributed by atoms with van der Waals surface area (Å²) in [4.78, 5) is 12.2. The number of rotatable bonds is 13. The Morgan fingerprint density at radius 3 is 2.43 bits per heavy atom. The Kier molecular flexibility index (Phi) is 12.0. The molecule has 1 amide bonds. The largest absolute Gasteiger partial charge is 0.444 e. The van der Waals surface area contributed by atoms with Crippen LogP contribution < -0.4 is 11.1 Å². The van der Waals surface area contributed by atoms with E-state index in [4.69, 9.17) is 24.7 Å². The minimum Gasteiger partial charge on any atom is -0.444 e. The summed E-state index contributed by atoms with van der Waals surface area (Å²) in [5.41, 5.74) is 6.82. The molecule has 9 heteroatoms. The van der Waals surface area contributed by atoms with Crippen LogP contribution in [-0.2, 0) is 23.5 Å². The highest BCUT2D eigenvalue weighted by atomic mass is 31.1. The molecule has 2 atom stereocenters. The van der Waals surface area contributed by atoms with Crippen molar-refractivity contribution in [3.63, 3.8) is 0 Å². The van der Waals surface area contributed by atoms with E-state index in [0.29, 0.717) is 38.3 Å². The number of hydrogen-bond acceptors (Lipinski definition) is 7. The van der Waals surface area contributed by atoms with Crippen LogP contribution in [0, 0.1) is 0 Å². The molecule has 0 aromatic heterocycles. The number of nitrogens with one attached hydrogen (secondary N) is 1. The van der Waals surface area contributed by atoms with E-state index < -0.39 is 25.5 Å². The summed E-state index contributed by atoms with van der Waals surface area (Å²) in [5.74, 6) is 0. The van der Waals surface area contributed by atoms with Gasteiger partial charge < -0.3 is 34.6 Å². The Labute approximate surface area is 180 Å². The Hall–Kier alpha value is -1.60. The summed E-state index contributed by atoms with van der Waals surface area (Å²) >= 11 is 0. The van der Waals surface area contributed by atoms with Crippen molar-refractivity contribution < 1.29 is 28.3 Å². The fourth-order valence-electron chi connectivity index (χ4n) is 2.71. The van der Waals surface area contributed by atoms with E-state index in [1.54, 1.807) is 6.07 Å². The number of amides is 1. The minimum absolute atomic E-state index is 0.0950. The lowest BCUT2D eigenvalue weighted by Gasteiger charge is -2.24. The quantitative estimate of drug-likeness (QED) is 0.199. The minimum atomic E-state index is -2.17. The first-order valence-corrected chi connectivity index (χ1v) is 12.0. The molecule has 8 nitrogen and oxygen atoms in total. The Morgan fingerprint density at radius 2 is 1.87 bits per heavy atom. The van der Waals surface area contributed by atoms with E-state index in [9.17, 15) is 9.36 Å². The van der Waals surface area contributed by atoms with E-state index in [0.717, 1.165) is 5.56 Å². The molecular formula is C21H37N2O6P. The van der Waals surface area contributed by atoms with Gasteiger partial charge in [0.15, 0.2) is 7.80 Å². The summed E-state index contributed by atoms with van der Waals surface area (Å²) in [6.45, 7) is 10.4. The standard InChI is InChI=1S/C21H37N2O6P/c1-6-27-20(28-7-2)30(25)15-26-13-9-12-18(16-10-8-11-17(22)14-16)23-19(24)29-21(3,4)5/h8,10-11,14,18,20,30H,6-7,9,12-13,15,22H2,1-5H3,(H,23,24). The van der Waals surface area contributed by atoms with Crippen LogP contribution in [0.4, 0.5) is 10.5 Å². The van der Waals surface area contributed by atoms with E-state index in [1.807, 2.05) is 52.8 Å². The van der Waals surface area contributed by atoms with Crippen LogP contribution in [0.25, 0.3) is 0 Å². The number of anilines is 1. The summed E-state index contributed by atoms with van der Waals surface area (Å²) < 4.78 is 33.9. The van der Waals surface area contributed by atoms with Crippen molar-refractivity contribution in [3.8, 4) is 0 Å². The molecule has 0 radical (unpaired) electrons. The predicted octanol–water partition coefficient (Wildman–Crippen LogP) is 4.51. The van der Waals surface area contributed by atoms with Crippen molar-refractivity contribution in [1.82, 2.24) is 5.32 Å². The molecule has 2 unspecified atom stereocenters. The molecule has 3 N–H and O–H groups in total. The highest BCUT2D eigenvalue weighted by Gasteiger charge is 2.21. The van der Waals surface area contributed by atoms with Crippen LogP contribution in [0.15, 0.2) is 24.3 Å². The smallest absolute Gasteiger partial charge is 0.408 e. The van der Waals surface area contributed by atoms with Gasteiger partial charge in [-0.05, 0) is 65.2 Å². The second kappa shape index (κ2) is 13.7. The van der Waals surface area contributed by atoms with Crippen LogP contribution >= 0.6 is 7.80 Å². The van der Waals surface area contributed by atoms with Crippen LogP contribution in [0.3, 0.4) is 0 Å². The maximum Gasteiger partial charge on any atom is 0.408 e. The third kappa shape index (κ3) is 11.0. The van der Waals surface area contributed by atoms with Crippen LogP contribution in [0.5, 0.6) is 0 Å². The molecule has 1 aromatic carbocycles. The second-order valence-electron chi connectivity index (χ2n) is 7.77. The van der Waals surface area contributed by atoms with Crippen molar-refractivity contribution in [2.24, 2.45) is 0 Å². The molecule has 1 aromatic rings. The van der Waals surface area contributed by atoms with Gasteiger partial charge in [0.1, 0.15) is 11.9 Å². The van der Waals surface area contributed by atoms with Crippen molar-refractivity contribution in [2.45, 2.75) is 65.1 Å². The molecule has 0 spiro atoms. The molecule has 0 heterocycles. The molecule has 30 heavy (non-hydrogen) atoms. The summed E-state index contributed by atoms with van der Waals surface area (Å²) in [5, 5.41) is 2.90. The van der Waals surface area contributed by atoms with Crippen molar-refractivity contribution in [1.29, 1.82) is 0 Å². The fraction of sp³-hybridized carbons (Fsp3) is 0.667.